The van der Waals surface area contributed by atoms with Gasteiger partial charge in [0.15, 0.2) is 0 Å². The van der Waals surface area contributed by atoms with E-state index in [0.29, 0.717) is 28.6 Å². The molecule has 0 spiro atoms. The van der Waals surface area contributed by atoms with E-state index in [4.69, 9.17) is 4.74 Å². The zero-order chi connectivity index (χ0) is 19.8. The fourth-order valence-electron chi connectivity index (χ4n) is 2.66. The quantitative estimate of drug-likeness (QED) is 0.429. The van der Waals surface area contributed by atoms with Crippen LogP contribution in [0.1, 0.15) is 5.56 Å². The molecule has 2 aromatic heterocycles. The molecule has 0 saturated heterocycles. The van der Waals surface area contributed by atoms with Crippen molar-refractivity contribution in [2.75, 3.05) is 0 Å². The Morgan fingerprint density at radius 1 is 1.11 bits per heavy atom. The van der Waals surface area contributed by atoms with E-state index in [-0.39, 0.29) is 17.5 Å². The molecule has 0 aliphatic rings. The van der Waals surface area contributed by atoms with Crippen molar-refractivity contribution in [1.29, 1.82) is 0 Å². The van der Waals surface area contributed by atoms with Crippen LogP contribution in [0.25, 0.3) is 10.9 Å². The molecule has 0 bridgehead atoms. The summed E-state index contributed by atoms with van der Waals surface area (Å²) in [7, 11) is 0. The summed E-state index contributed by atoms with van der Waals surface area (Å²) >= 11 is 4.55. The number of nitrogens with zero attached hydrogens (tertiary/aromatic N) is 3. The topological polar surface area (TPSA) is 57.0 Å². The lowest BCUT2D eigenvalue weighted by atomic mass is 10.1. The van der Waals surface area contributed by atoms with Crippen LogP contribution in [0, 0.1) is 17.5 Å². The van der Waals surface area contributed by atoms with Gasteiger partial charge in [-0.2, -0.15) is 4.98 Å². The van der Waals surface area contributed by atoms with Gasteiger partial charge in [0.1, 0.15) is 23.2 Å². The van der Waals surface area contributed by atoms with E-state index in [2.05, 4.69) is 25.9 Å². The number of thiazole rings is 1. The average molecular weight is 468 g/mol. The van der Waals surface area contributed by atoms with E-state index < -0.39 is 23.0 Å². The van der Waals surface area contributed by atoms with Gasteiger partial charge in [-0.25, -0.2) is 18.2 Å². The van der Waals surface area contributed by atoms with Gasteiger partial charge in [-0.3, -0.25) is 4.79 Å². The molecule has 0 aliphatic carbocycles. The minimum Gasteiger partial charge on any atom is -0.431 e. The Hall–Kier alpha value is -2.72. The van der Waals surface area contributed by atoms with Crippen molar-refractivity contribution < 1.29 is 17.9 Å². The van der Waals surface area contributed by atoms with Crippen LogP contribution in [0.2, 0.25) is 0 Å². The Bertz CT molecular complexity index is 1240. The molecule has 0 aliphatic heterocycles. The lowest BCUT2D eigenvalue weighted by Gasteiger charge is -2.12. The van der Waals surface area contributed by atoms with E-state index in [9.17, 15) is 18.0 Å². The third-order valence-corrected chi connectivity index (χ3v) is 5.27. The lowest BCUT2D eigenvalue weighted by Crippen LogP contribution is -2.14. The Labute approximate surface area is 168 Å². The van der Waals surface area contributed by atoms with Crippen LogP contribution < -0.4 is 10.3 Å². The largest absolute Gasteiger partial charge is 0.431 e. The van der Waals surface area contributed by atoms with E-state index in [1.165, 1.54) is 28.3 Å². The van der Waals surface area contributed by atoms with Gasteiger partial charge in [0.2, 0.25) is 0 Å². The summed E-state index contributed by atoms with van der Waals surface area (Å²) in [5, 5.41) is 0.587. The number of ether oxygens (including phenoxy) is 1. The van der Waals surface area contributed by atoms with Gasteiger partial charge >= 0.3 is 0 Å². The summed E-state index contributed by atoms with van der Waals surface area (Å²) in [6.07, 6.45) is 2.77. The summed E-state index contributed by atoms with van der Waals surface area (Å²) in [4.78, 5) is 20.0. The highest BCUT2D eigenvalue weighted by Gasteiger charge is 2.14. The van der Waals surface area contributed by atoms with Gasteiger partial charge in [-0.1, -0.05) is 11.3 Å². The second-order valence-electron chi connectivity index (χ2n) is 5.74. The highest BCUT2D eigenvalue weighted by molar-refractivity contribution is 9.11. The van der Waals surface area contributed by atoms with Crippen LogP contribution in [0.3, 0.4) is 0 Å². The molecule has 2 aromatic carbocycles. The number of hydrogen-bond acceptors (Lipinski definition) is 5. The molecule has 0 unspecified atom stereocenters. The highest BCUT2D eigenvalue weighted by atomic mass is 79.9. The van der Waals surface area contributed by atoms with Crippen LogP contribution in [0.4, 0.5) is 13.2 Å². The second-order valence-corrected chi connectivity index (χ2v) is 8.11. The number of benzene rings is 2. The van der Waals surface area contributed by atoms with E-state index in [1.54, 1.807) is 18.3 Å². The van der Waals surface area contributed by atoms with Gasteiger partial charge in [0.05, 0.1) is 33.8 Å². The fraction of sp³-hybridized carbons (Fsp3) is 0.0556. The molecule has 4 rings (SSSR count). The molecular weight excluding hydrogens is 459 g/mol. The number of halogens is 4. The van der Waals surface area contributed by atoms with Gasteiger partial charge in [-0.15, -0.1) is 0 Å². The van der Waals surface area contributed by atoms with Crippen molar-refractivity contribution >= 4 is 38.2 Å². The number of hydrogen-bond donors (Lipinski definition) is 0. The van der Waals surface area contributed by atoms with Crippen molar-refractivity contribution in [2.24, 2.45) is 0 Å². The Kier molecular flexibility index (Phi) is 4.90. The average Bonchev–Trinajstić information content (AvgIpc) is 3.05. The first kappa shape index (κ1) is 18.6. The second kappa shape index (κ2) is 7.36. The Balaban J connectivity index is 1.74. The zero-order valence-corrected chi connectivity index (χ0v) is 16.2. The summed E-state index contributed by atoms with van der Waals surface area (Å²) in [6.45, 7) is -0.263. The number of rotatable bonds is 4. The summed E-state index contributed by atoms with van der Waals surface area (Å²) in [5.74, 6) is -2.67. The molecule has 0 atom stereocenters. The van der Waals surface area contributed by atoms with Crippen molar-refractivity contribution in [2.45, 2.75) is 6.54 Å². The van der Waals surface area contributed by atoms with Gasteiger partial charge in [0, 0.05) is 17.7 Å². The fourth-order valence-corrected chi connectivity index (χ4v) is 3.69. The summed E-state index contributed by atoms with van der Waals surface area (Å²) in [6, 6.07) is 5.87. The molecule has 28 heavy (non-hydrogen) atoms. The standard InChI is InChI=1S/C18H9BrF3N3O2S/c19-16-6-23-18(28-16)27-10-1-2-15-11(5-10)17(26)24-8-25(15)7-12-13(21)3-9(20)4-14(12)22/h1-6,8H,7H2. The Morgan fingerprint density at radius 3 is 2.54 bits per heavy atom. The smallest absolute Gasteiger partial charge is 0.280 e. The monoisotopic (exact) mass is 467 g/mol. The molecule has 142 valence electrons. The Morgan fingerprint density at radius 2 is 1.86 bits per heavy atom. The predicted octanol–water partition coefficient (Wildman–Crippen LogP) is 4.87. The minimum atomic E-state index is -1.02. The van der Waals surface area contributed by atoms with E-state index >= 15 is 0 Å². The molecule has 0 fully saturated rings. The molecule has 0 amide bonds. The van der Waals surface area contributed by atoms with Gasteiger partial charge in [0.25, 0.3) is 10.8 Å². The molecule has 0 saturated carbocycles. The SMILES string of the molecule is O=c1ncn(Cc2c(F)cc(F)cc2F)c2ccc(Oc3ncc(Br)s3)cc12. The van der Waals surface area contributed by atoms with E-state index in [0.717, 1.165) is 3.79 Å². The van der Waals surface area contributed by atoms with Crippen molar-refractivity contribution in [1.82, 2.24) is 14.5 Å². The lowest BCUT2D eigenvalue weighted by molar-refractivity contribution is 0.479. The van der Waals surface area contributed by atoms with Gasteiger partial charge in [-0.05, 0) is 34.1 Å². The first-order chi connectivity index (χ1) is 13.4. The van der Waals surface area contributed by atoms with Crippen LogP contribution in [0.15, 0.2) is 51.4 Å². The molecule has 4 aromatic rings. The van der Waals surface area contributed by atoms with Crippen LogP contribution in [-0.2, 0) is 6.54 Å². The van der Waals surface area contributed by atoms with Crippen LogP contribution >= 0.6 is 27.3 Å². The van der Waals surface area contributed by atoms with Crippen molar-refractivity contribution in [3.8, 4) is 10.9 Å². The normalized spacial score (nSPS) is 11.1. The van der Waals surface area contributed by atoms with Crippen LogP contribution in [-0.4, -0.2) is 14.5 Å². The number of aromatic nitrogens is 3. The summed E-state index contributed by atoms with van der Waals surface area (Å²) in [5.41, 5.74) is -0.450. The maximum absolute atomic E-state index is 14.0. The maximum atomic E-state index is 14.0. The first-order valence-electron chi connectivity index (χ1n) is 7.82. The van der Waals surface area contributed by atoms with Crippen molar-refractivity contribution in [3.63, 3.8) is 0 Å². The predicted molar refractivity (Wildman–Crippen MR) is 101 cm³/mol. The van der Waals surface area contributed by atoms with Gasteiger partial charge < -0.3 is 9.30 Å². The third-order valence-electron chi connectivity index (χ3n) is 3.92. The van der Waals surface area contributed by atoms with Crippen LogP contribution in [0.5, 0.6) is 10.9 Å². The molecule has 10 heteroatoms. The van der Waals surface area contributed by atoms with E-state index in [1.807, 2.05) is 0 Å². The molecule has 2 heterocycles. The first-order valence-corrected chi connectivity index (χ1v) is 9.43. The highest BCUT2D eigenvalue weighted by Crippen LogP contribution is 2.30. The zero-order valence-electron chi connectivity index (χ0n) is 13.8. The minimum absolute atomic E-state index is 0.207. The molecule has 0 N–H and O–H groups in total. The molecule has 0 radical (unpaired) electrons. The maximum Gasteiger partial charge on any atom is 0.280 e. The summed E-state index contributed by atoms with van der Waals surface area (Å²) < 4.78 is 48.9. The van der Waals surface area contributed by atoms with Crippen molar-refractivity contribution in [3.05, 3.63) is 80.0 Å². The number of fused-ring (bicyclic) bond motifs is 1. The third kappa shape index (κ3) is 3.65. The molecular formula is C18H9BrF3N3O2S. The molecule has 5 nitrogen and oxygen atoms in total.